The lowest BCUT2D eigenvalue weighted by Crippen LogP contribution is -2.12. The van der Waals surface area contributed by atoms with Gasteiger partial charge >= 0.3 is 0 Å². The molecule has 0 spiro atoms. The molecule has 0 aliphatic rings. The SMILES string of the molecule is CCCCCCCOc1ccccc1C(N)=S. The van der Waals surface area contributed by atoms with Gasteiger partial charge in [-0.25, -0.2) is 0 Å². The number of rotatable bonds is 8. The summed E-state index contributed by atoms with van der Waals surface area (Å²) in [6, 6.07) is 7.67. The maximum absolute atomic E-state index is 5.71. The summed E-state index contributed by atoms with van der Waals surface area (Å²) in [4.78, 5) is 0.395. The van der Waals surface area contributed by atoms with E-state index >= 15 is 0 Å². The highest BCUT2D eigenvalue weighted by molar-refractivity contribution is 7.80. The third kappa shape index (κ3) is 5.18. The van der Waals surface area contributed by atoms with Crippen LogP contribution >= 0.6 is 12.2 Å². The van der Waals surface area contributed by atoms with Crippen LogP contribution in [0.5, 0.6) is 5.75 Å². The van der Waals surface area contributed by atoms with Crippen molar-refractivity contribution in [2.24, 2.45) is 5.73 Å². The first kappa shape index (κ1) is 14.0. The van der Waals surface area contributed by atoms with Crippen molar-refractivity contribution in [1.29, 1.82) is 0 Å². The molecule has 0 aliphatic heterocycles. The van der Waals surface area contributed by atoms with Gasteiger partial charge in [0.15, 0.2) is 0 Å². The normalized spacial score (nSPS) is 10.2. The summed E-state index contributed by atoms with van der Waals surface area (Å²) in [5.41, 5.74) is 6.47. The van der Waals surface area contributed by atoms with Crippen molar-refractivity contribution in [2.75, 3.05) is 6.61 Å². The highest BCUT2D eigenvalue weighted by Crippen LogP contribution is 2.18. The fourth-order valence-electron chi connectivity index (χ4n) is 1.68. The fraction of sp³-hybridized carbons (Fsp3) is 0.500. The van der Waals surface area contributed by atoms with Crippen LogP contribution in [0, 0.1) is 0 Å². The van der Waals surface area contributed by atoms with E-state index in [9.17, 15) is 0 Å². The summed E-state index contributed by atoms with van der Waals surface area (Å²) in [5, 5.41) is 0. The van der Waals surface area contributed by atoms with Gasteiger partial charge in [0, 0.05) is 0 Å². The quantitative estimate of drug-likeness (QED) is 0.565. The van der Waals surface area contributed by atoms with Crippen LogP contribution in [0.4, 0.5) is 0 Å². The van der Waals surface area contributed by atoms with Crippen molar-refractivity contribution in [2.45, 2.75) is 39.0 Å². The Balaban J connectivity index is 2.34. The summed E-state index contributed by atoms with van der Waals surface area (Å²) in [5.74, 6) is 0.801. The zero-order chi connectivity index (χ0) is 12.5. The van der Waals surface area contributed by atoms with Crippen LogP contribution < -0.4 is 10.5 Å². The van der Waals surface area contributed by atoms with Gasteiger partial charge in [0.25, 0.3) is 0 Å². The first-order valence-corrected chi connectivity index (χ1v) is 6.68. The van der Waals surface area contributed by atoms with Gasteiger partial charge < -0.3 is 10.5 Å². The van der Waals surface area contributed by atoms with E-state index in [2.05, 4.69) is 6.92 Å². The van der Waals surface area contributed by atoms with Crippen molar-refractivity contribution in [3.05, 3.63) is 29.8 Å². The minimum absolute atomic E-state index is 0.395. The lowest BCUT2D eigenvalue weighted by Gasteiger charge is -2.10. The highest BCUT2D eigenvalue weighted by atomic mass is 32.1. The van der Waals surface area contributed by atoms with Gasteiger partial charge in [-0.2, -0.15) is 0 Å². The van der Waals surface area contributed by atoms with Gasteiger partial charge in [0.1, 0.15) is 10.7 Å². The number of hydrogen-bond acceptors (Lipinski definition) is 2. The zero-order valence-electron chi connectivity index (χ0n) is 10.4. The average molecular weight is 251 g/mol. The molecule has 0 unspecified atom stereocenters. The number of benzene rings is 1. The van der Waals surface area contributed by atoms with Gasteiger partial charge in [-0.05, 0) is 18.6 Å². The van der Waals surface area contributed by atoms with Gasteiger partial charge in [-0.1, -0.05) is 57.0 Å². The van der Waals surface area contributed by atoms with Crippen LogP contribution in [0.3, 0.4) is 0 Å². The first-order valence-electron chi connectivity index (χ1n) is 6.27. The van der Waals surface area contributed by atoms with Crippen LogP contribution in [0.2, 0.25) is 0 Å². The molecule has 0 amide bonds. The molecular weight excluding hydrogens is 230 g/mol. The Kier molecular flexibility index (Phi) is 6.63. The molecule has 0 atom stereocenters. The smallest absolute Gasteiger partial charge is 0.129 e. The molecule has 0 saturated heterocycles. The Hall–Kier alpha value is -1.09. The predicted molar refractivity (Wildman–Crippen MR) is 76.6 cm³/mol. The Morgan fingerprint density at radius 3 is 2.59 bits per heavy atom. The molecule has 0 radical (unpaired) electrons. The number of thiocarbonyl (C=S) groups is 1. The van der Waals surface area contributed by atoms with Crippen molar-refractivity contribution >= 4 is 17.2 Å². The van der Waals surface area contributed by atoms with Crippen molar-refractivity contribution in [1.82, 2.24) is 0 Å². The lowest BCUT2D eigenvalue weighted by atomic mass is 10.1. The van der Waals surface area contributed by atoms with E-state index in [4.69, 9.17) is 22.7 Å². The third-order valence-corrected chi connectivity index (χ3v) is 2.88. The Labute approximate surface area is 109 Å². The van der Waals surface area contributed by atoms with Gasteiger partial charge in [0.05, 0.1) is 12.2 Å². The van der Waals surface area contributed by atoms with Crippen LogP contribution in [0.15, 0.2) is 24.3 Å². The second kappa shape index (κ2) is 8.07. The van der Waals surface area contributed by atoms with Crippen LogP contribution in [-0.2, 0) is 0 Å². The molecule has 1 rings (SSSR count). The molecule has 0 aliphatic carbocycles. The standard InChI is InChI=1S/C14H21NOS/c1-2-3-4-5-8-11-16-13-10-7-6-9-12(13)14(15)17/h6-7,9-10H,2-5,8,11H2,1H3,(H2,15,17). The van der Waals surface area contributed by atoms with Gasteiger partial charge in [-0.15, -0.1) is 0 Å². The Morgan fingerprint density at radius 2 is 1.88 bits per heavy atom. The molecule has 0 aromatic heterocycles. The molecule has 0 fully saturated rings. The highest BCUT2D eigenvalue weighted by Gasteiger charge is 2.04. The summed E-state index contributed by atoms with van der Waals surface area (Å²) >= 11 is 4.98. The number of para-hydroxylation sites is 1. The molecule has 2 N–H and O–H groups in total. The third-order valence-electron chi connectivity index (χ3n) is 2.66. The number of unbranched alkanes of at least 4 members (excludes halogenated alkanes) is 4. The molecule has 0 heterocycles. The molecule has 17 heavy (non-hydrogen) atoms. The van der Waals surface area contributed by atoms with E-state index in [0.29, 0.717) is 4.99 Å². The van der Waals surface area contributed by atoms with E-state index < -0.39 is 0 Å². The predicted octanol–water partition coefficient (Wildman–Crippen LogP) is 3.67. The average Bonchev–Trinajstić information content (AvgIpc) is 2.34. The number of hydrogen-bond donors (Lipinski definition) is 1. The molecule has 94 valence electrons. The number of nitrogens with two attached hydrogens (primary N) is 1. The van der Waals surface area contributed by atoms with Gasteiger partial charge in [-0.3, -0.25) is 0 Å². The molecule has 2 nitrogen and oxygen atoms in total. The largest absolute Gasteiger partial charge is 0.493 e. The Morgan fingerprint density at radius 1 is 1.18 bits per heavy atom. The van der Waals surface area contributed by atoms with Crippen molar-refractivity contribution in [3.8, 4) is 5.75 Å². The monoisotopic (exact) mass is 251 g/mol. The fourth-order valence-corrected chi connectivity index (χ4v) is 1.85. The molecule has 3 heteroatoms. The molecule has 1 aromatic carbocycles. The van der Waals surface area contributed by atoms with Crippen molar-refractivity contribution in [3.63, 3.8) is 0 Å². The Bertz CT molecular complexity index is 352. The maximum atomic E-state index is 5.71. The van der Waals surface area contributed by atoms with E-state index in [0.717, 1.165) is 24.3 Å². The zero-order valence-corrected chi connectivity index (χ0v) is 11.3. The molecule has 0 saturated carbocycles. The van der Waals surface area contributed by atoms with E-state index in [1.807, 2.05) is 24.3 Å². The van der Waals surface area contributed by atoms with Gasteiger partial charge in [0.2, 0.25) is 0 Å². The summed E-state index contributed by atoms with van der Waals surface area (Å²) in [6.07, 6.45) is 6.18. The maximum Gasteiger partial charge on any atom is 0.129 e. The van der Waals surface area contributed by atoms with E-state index in [-0.39, 0.29) is 0 Å². The van der Waals surface area contributed by atoms with Crippen LogP contribution in [-0.4, -0.2) is 11.6 Å². The van der Waals surface area contributed by atoms with Crippen LogP contribution in [0.25, 0.3) is 0 Å². The summed E-state index contributed by atoms with van der Waals surface area (Å²) in [6.45, 7) is 2.96. The lowest BCUT2D eigenvalue weighted by molar-refractivity contribution is 0.304. The van der Waals surface area contributed by atoms with Crippen LogP contribution in [0.1, 0.15) is 44.6 Å². The van der Waals surface area contributed by atoms with E-state index in [1.54, 1.807) is 0 Å². The molecular formula is C14H21NOS. The molecule has 1 aromatic rings. The second-order valence-electron chi connectivity index (χ2n) is 4.12. The summed E-state index contributed by atoms with van der Waals surface area (Å²) < 4.78 is 5.71. The molecule has 0 bridgehead atoms. The van der Waals surface area contributed by atoms with Crippen molar-refractivity contribution < 1.29 is 4.74 Å². The van der Waals surface area contributed by atoms with E-state index in [1.165, 1.54) is 25.7 Å². The summed E-state index contributed by atoms with van der Waals surface area (Å²) in [7, 11) is 0. The topological polar surface area (TPSA) is 35.2 Å². The number of ether oxygens (including phenoxy) is 1. The second-order valence-corrected chi connectivity index (χ2v) is 4.56. The minimum atomic E-state index is 0.395. The first-order chi connectivity index (χ1) is 8.25. The minimum Gasteiger partial charge on any atom is -0.493 e.